The van der Waals surface area contributed by atoms with Crippen LogP contribution in [-0.4, -0.2) is 6.29 Å². The number of halogens is 1. The van der Waals surface area contributed by atoms with Crippen molar-refractivity contribution in [2.45, 2.75) is 66.2 Å². The van der Waals surface area contributed by atoms with Gasteiger partial charge in [-0.25, -0.2) is 0 Å². The van der Waals surface area contributed by atoms with Crippen molar-refractivity contribution in [2.24, 2.45) is 11.3 Å². The number of aldehydes is 1. The van der Waals surface area contributed by atoms with E-state index >= 15 is 0 Å². The van der Waals surface area contributed by atoms with Crippen molar-refractivity contribution in [3.63, 3.8) is 0 Å². The van der Waals surface area contributed by atoms with Crippen LogP contribution in [0.15, 0.2) is 34.4 Å². The van der Waals surface area contributed by atoms with E-state index in [1.165, 1.54) is 30.4 Å². The summed E-state index contributed by atoms with van der Waals surface area (Å²) in [5.41, 5.74) is 5.46. The van der Waals surface area contributed by atoms with E-state index in [-0.39, 0.29) is 0 Å². The van der Waals surface area contributed by atoms with Gasteiger partial charge >= 0.3 is 0 Å². The molecule has 0 bridgehead atoms. The molecule has 1 nitrogen and oxygen atoms in total. The zero-order valence-electron chi connectivity index (χ0n) is 13.9. The predicted molar refractivity (Wildman–Crippen MR) is 92.5 cm³/mol. The summed E-state index contributed by atoms with van der Waals surface area (Å²) in [6.07, 6.45) is 12.0. The highest BCUT2D eigenvalue weighted by atomic mass is 35.5. The van der Waals surface area contributed by atoms with Crippen LogP contribution < -0.4 is 0 Å². The summed E-state index contributed by atoms with van der Waals surface area (Å²) >= 11 is 5.57. The molecule has 0 saturated carbocycles. The summed E-state index contributed by atoms with van der Waals surface area (Å²) in [6, 6.07) is 0. The van der Waals surface area contributed by atoms with Crippen LogP contribution >= 0.6 is 11.6 Å². The quantitative estimate of drug-likeness (QED) is 0.311. The molecule has 0 amide bonds. The van der Waals surface area contributed by atoms with Crippen molar-refractivity contribution in [3.8, 4) is 0 Å². The number of rotatable bonds is 7. The summed E-state index contributed by atoms with van der Waals surface area (Å²) in [5, 5.41) is 0. The monoisotopic (exact) mass is 308 g/mol. The molecule has 21 heavy (non-hydrogen) atoms. The average molecular weight is 309 g/mol. The highest BCUT2D eigenvalue weighted by Gasteiger charge is 2.32. The van der Waals surface area contributed by atoms with Gasteiger partial charge in [0.15, 0.2) is 0 Å². The van der Waals surface area contributed by atoms with Crippen LogP contribution in [0.1, 0.15) is 66.2 Å². The van der Waals surface area contributed by atoms with Crippen molar-refractivity contribution in [1.29, 1.82) is 0 Å². The number of hydrogen-bond donors (Lipinski definition) is 0. The number of carbonyl (C=O) groups is 1. The molecule has 0 saturated heterocycles. The fourth-order valence-electron chi connectivity index (χ4n) is 3.32. The molecule has 1 aliphatic carbocycles. The number of allylic oxidation sites excluding steroid dienone is 5. The molecule has 0 aromatic heterocycles. The van der Waals surface area contributed by atoms with Gasteiger partial charge in [0, 0.05) is 11.1 Å². The Hall–Kier alpha value is -0.820. The van der Waals surface area contributed by atoms with Crippen molar-refractivity contribution >= 4 is 17.9 Å². The first-order valence-corrected chi connectivity index (χ1v) is 8.41. The fourth-order valence-corrected chi connectivity index (χ4v) is 3.48. The normalized spacial score (nSPS) is 22.9. The third kappa shape index (κ3) is 5.82. The van der Waals surface area contributed by atoms with Crippen molar-refractivity contribution in [2.75, 3.05) is 0 Å². The van der Waals surface area contributed by atoms with Gasteiger partial charge in [-0.05, 0) is 63.7 Å². The molecular weight excluding hydrogens is 280 g/mol. The Morgan fingerprint density at radius 2 is 2.14 bits per heavy atom. The molecule has 0 fully saturated rings. The Labute approximate surface area is 135 Å². The topological polar surface area (TPSA) is 17.1 Å². The lowest BCUT2D eigenvalue weighted by molar-refractivity contribution is -0.105. The van der Waals surface area contributed by atoms with Gasteiger partial charge < -0.3 is 0 Å². The van der Waals surface area contributed by atoms with E-state index < -0.39 is 0 Å². The van der Waals surface area contributed by atoms with Gasteiger partial charge in [-0.1, -0.05) is 48.7 Å². The van der Waals surface area contributed by atoms with Gasteiger partial charge in [0.1, 0.15) is 6.29 Å². The minimum absolute atomic E-state index is 0.422. The molecule has 0 heterocycles. The van der Waals surface area contributed by atoms with Crippen LogP contribution in [0.5, 0.6) is 0 Å². The van der Waals surface area contributed by atoms with E-state index in [1.807, 2.05) is 0 Å². The second-order valence-electron chi connectivity index (χ2n) is 6.96. The van der Waals surface area contributed by atoms with E-state index in [2.05, 4.69) is 39.8 Å². The van der Waals surface area contributed by atoms with Gasteiger partial charge in [-0.15, -0.1) is 0 Å². The average Bonchev–Trinajstić information content (AvgIpc) is 2.42. The van der Waals surface area contributed by atoms with Gasteiger partial charge in [0.05, 0.1) is 0 Å². The standard InChI is InChI=1S/C19H29ClO/c1-15(7-5-9-17(13-20)14-21)10-11-18-16(2)8-6-12-19(18,3)4/h7-8,13-14,18H,5-6,9-12H2,1-4H3/b15-7+,17-13+/t18-/m1/s1. The van der Waals surface area contributed by atoms with Gasteiger partial charge in [-0.3, -0.25) is 4.79 Å². The Kier molecular flexibility index (Phi) is 7.45. The van der Waals surface area contributed by atoms with E-state index in [4.69, 9.17) is 11.6 Å². The Balaban J connectivity index is 2.48. The minimum atomic E-state index is 0.422. The van der Waals surface area contributed by atoms with Crippen LogP contribution in [0.3, 0.4) is 0 Å². The van der Waals surface area contributed by atoms with Gasteiger partial charge in [-0.2, -0.15) is 0 Å². The van der Waals surface area contributed by atoms with E-state index in [9.17, 15) is 4.79 Å². The molecule has 0 unspecified atom stereocenters. The lowest BCUT2D eigenvalue weighted by atomic mass is 9.67. The molecule has 0 aromatic rings. The molecule has 0 N–H and O–H groups in total. The van der Waals surface area contributed by atoms with Crippen LogP contribution in [-0.2, 0) is 4.79 Å². The second kappa shape index (κ2) is 8.58. The number of hydrogen-bond acceptors (Lipinski definition) is 1. The number of carbonyl (C=O) groups excluding carboxylic acids is 1. The van der Waals surface area contributed by atoms with Gasteiger partial charge in [0.2, 0.25) is 0 Å². The summed E-state index contributed by atoms with van der Waals surface area (Å²) in [4.78, 5) is 10.7. The van der Waals surface area contributed by atoms with Crippen LogP contribution in [0.4, 0.5) is 0 Å². The predicted octanol–water partition coefficient (Wildman–Crippen LogP) is 6.20. The first-order chi connectivity index (χ1) is 9.90. The summed E-state index contributed by atoms with van der Waals surface area (Å²) in [6.45, 7) is 9.27. The van der Waals surface area contributed by atoms with Crippen molar-refractivity contribution < 1.29 is 4.79 Å². The largest absolute Gasteiger partial charge is 0.298 e. The molecular formula is C19H29ClO. The maximum atomic E-state index is 10.7. The zero-order valence-corrected chi connectivity index (χ0v) is 14.7. The molecule has 118 valence electrons. The van der Waals surface area contributed by atoms with Crippen LogP contribution in [0, 0.1) is 11.3 Å². The first kappa shape index (κ1) is 18.2. The minimum Gasteiger partial charge on any atom is -0.298 e. The Bertz CT molecular complexity index is 440. The lowest BCUT2D eigenvalue weighted by Crippen LogP contribution is -2.27. The summed E-state index contributed by atoms with van der Waals surface area (Å²) in [5.74, 6) is 0.697. The lowest BCUT2D eigenvalue weighted by Gasteiger charge is -2.38. The van der Waals surface area contributed by atoms with Crippen molar-refractivity contribution in [1.82, 2.24) is 0 Å². The Morgan fingerprint density at radius 1 is 1.43 bits per heavy atom. The SMILES string of the molecule is CC1=CCCC(C)(C)[C@@H]1CC/C(C)=C/CC/C(C=O)=C\Cl. The Morgan fingerprint density at radius 3 is 2.71 bits per heavy atom. The first-order valence-electron chi connectivity index (χ1n) is 7.97. The molecule has 2 heteroatoms. The fraction of sp³-hybridized carbons (Fsp3) is 0.632. The molecule has 1 atom stereocenters. The van der Waals surface area contributed by atoms with Crippen molar-refractivity contribution in [3.05, 3.63) is 34.4 Å². The van der Waals surface area contributed by atoms with Crippen LogP contribution in [0.2, 0.25) is 0 Å². The summed E-state index contributed by atoms with van der Waals surface area (Å²) < 4.78 is 0. The smallest absolute Gasteiger partial charge is 0.146 e. The highest BCUT2D eigenvalue weighted by Crippen LogP contribution is 2.43. The molecule has 1 rings (SSSR count). The van der Waals surface area contributed by atoms with Gasteiger partial charge in [0.25, 0.3) is 0 Å². The highest BCUT2D eigenvalue weighted by molar-refractivity contribution is 6.26. The van der Waals surface area contributed by atoms with E-state index in [0.29, 0.717) is 16.9 Å². The molecule has 0 aliphatic heterocycles. The molecule has 0 radical (unpaired) electrons. The third-order valence-corrected chi connectivity index (χ3v) is 5.07. The summed E-state index contributed by atoms with van der Waals surface area (Å²) in [7, 11) is 0. The third-order valence-electron chi connectivity index (χ3n) is 4.79. The molecule has 0 aromatic carbocycles. The molecule has 1 aliphatic rings. The van der Waals surface area contributed by atoms with E-state index in [1.54, 1.807) is 5.57 Å². The maximum absolute atomic E-state index is 10.7. The second-order valence-corrected chi connectivity index (χ2v) is 7.18. The zero-order chi connectivity index (χ0) is 15.9. The maximum Gasteiger partial charge on any atom is 0.146 e. The molecule has 0 spiro atoms. The van der Waals surface area contributed by atoms with E-state index in [0.717, 1.165) is 25.5 Å². The van der Waals surface area contributed by atoms with Crippen LogP contribution in [0.25, 0.3) is 0 Å².